The minimum atomic E-state index is -0.0218. The molecule has 2 amide bonds. The van der Waals surface area contributed by atoms with Gasteiger partial charge in [-0.15, -0.1) is 0 Å². The van der Waals surface area contributed by atoms with Crippen LogP contribution in [0.3, 0.4) is 0 Å². The molecule has 2 aromatic rings. The van der Waals surface area contributed by atoms with Gasteiger partial charge in [0, 0.05) is 32.0 Å². The summed E-state index contributed by atoms with van der Waals surface area (Å²) in [4.78, 5) is 18.6. The highest BCUT2D eigenvalue weighted by Gasteiger charge is 2.18. The maximum Gasteiger partial charge on any atom is 0.317 e. The molecule has 3 rings (SSSR count). The van der Waals surface area contributed by atoms with Crippen LogP contribution in [-0.2, 0) is 19.3 Å². The van der Waals surface area contributed by atoms with Crippen molar-refractivity contribution in [1.29, 1.82) is 0 Å². The Hall–Kier alpha value is -2.37. The van der Waals surface area contributed by atoms with Gasteiger partial charge in [0.15, 0.2) is 5.82 Å². The maximum atomic E-state index is 12.4. The van der Waals surface area contributed by atoms with Crippen LogP contribution in [0.25, 0.3) is 0 Å². The molecule has 0 fully saturated rings. The molecule has 1 N–H and O–H groups in total. The number of fused-ring (bicyclic) bond motifs is 1. The number of amides is 2. The normalized spacial score (nSPS) is 14.4. The van der Waals surface area contributed by atoms with Crippen LogP contribution >= 0.6 is 0 Å². The van der Waals surface area contributed by atoms with Gasteiger partial charge in [-0.05, 0) is 24.0 Å². The van der Waals surface area contributed by atoms with Crippen molar-refractivity contribution in [3.63, 3.8) is 0 Å². The Bertz CT molecular complexity index is 669. The molecule has 0 unspecified atom stereocenters. The van der Waals surface area contributed by atoms with E-state index in [4.69, 9.17) is 4.52 Å². The lowest BCUT2D eigenvalue weighted by atomic mass is 10.0. The average Bonchev–Trinajstić information content (AvgIpc) is 2.94. The second-order valence-corrected chi connectivity index (χ2v) is 6.44. The summed E-state index contributed by atoms with van der Waals surface area (Å²) in [7, 11) is 0. The van der Waals surface area contributed by atoms with Gasteiger partial charge in [-0.1, -0.05) is 43.3 Å². The van der Waals surface area contributed by atoms with E-state index in [9.17, 15) is 4.79 Å². The van der Waals surface area contributed by atoms with E-state index in [1.807, 2.05) is 18.7 Å². The Balaban J connectivity index is 1.47. The van der Waals surface area contributed by atoms with Crippen molar-refractivity contribution < 1.29 is 9.32 Å². The highest BCUT2D eigenvalue weighted by Crippen LogP contribution is 2.15. The monoisotopic (exact) mass is 328 g/mol. The largest absolute Gasteiger partial charge is 0.339 e. The molecule has 0 aliphatic carbocycles. The third kappa shape index (κ3) is 3.93. The van der Waals surface area contributed by atoms with Crippen LogP contribution in [0.15, 0.2) is 28.8 Å². The van der Waals surface area contributed by atoms with Gasteiger partial charge in [0.1, 0.15) is 0 Å². The molecule has 0 atom stereocenters. The van der Waals surface area contributed by atoms with E-state index in [1.54, 1.807) is 0 Å². The Morgan fingerprint density at radius 2 is 1.92 bits per heavy atom. The lowest BCUT2D eigenvalue weighted by Gasteiger charge is -2.20. The summed E-state index contributed by atoms with van der Waals surface area (Å²) in [6, 6.07) is 8.40. The van der Waals surface area contributed by atoms with Crippen molar-refractivity contribution in [2.24, 2.45) is 0 Å². The Morgan fingerprint density at radius 1 is 1.25 bits per heavy atom. The highest BCUT2D eigenvalue weighted by molar-refractivity contribution is 5.74. The van der Waals surface area contributed by atoms with Crippen molar-refractivity contribution in [2.75, 3.05) is 19.6 Å². The number of hydrogen-bond acceptors (Lipinski definition) is 4. The predicted molar refractivity (Wildman–Crippen MR) is 90.9 cm³/mol. The third-order valence-electron chi connectivity index (χ3n) is 4.32. The van der Waals surface area contributed by atoms with Crippen molar-refractivity contribution in [3.8, 4) is 0 Å². The van der Waals surface area contributed by atoms with Gasteiger partial charge >= 0.3 is 6.03 Å². The second-order valence-electron chi connectivity index (χ2n) is 6.44. The zero-order chi connectivity index (χ0) is 16.9. The minimum Gasteiger partial charge on any atom is -0.339 e. The molecule has 128 valence electrons. The number of nitrogens with zero attached hydrogens (tertiary/aromatic N) is 3. The number of carbonyl (C=O) groups is 1. The van der Waals surface area contributed by atoms with Crippen LogP contribution < -0.4 is 5.32 Å². The van der Waals surface area contributed by atoms with E-state index in [0.717, 1.165) is 25.9 Å². The number of hydrogen-bond donors (Lipinski definition) is 1. The van der Waals surface area contributed by atoms with Crippen molar-refractivity contribution in [3.05, 3.63) is 47.1 Å². The fourth-order valence-electron chi connectivity index (χ4n) is 2.86. The van der Waals surface area contributed by atoms with Gasteiger partial charge in [-0.25, -0.2) is 4.79 Å². The smallest absolute Gasteiger partial charge is 0.317 e. The molecule has 1 aromatic heterocycles. The molecular weight excluding hydrogens is 304 g/mol. The molecule has 0 radical (unpaired) electrons. The summed E-state index contributed by atoms with van der Waals surface area (Å²) in [5, 5.41) is 6.88. The standard InChI is InChI=1S/C18H24N4O2/c1-13(2)17-20-16(24-21-17)7-10-19-18(23)22-11-8-14-5-3-4-6-15(14)9-12-22/h3-6,13H,7-12H2,1-2H3,(H,19,23). The molecule has 6 nitrogen and oxygen atoms in total. The highest BCUT2D eigenvalue weighted by atomic mass is 16.5. The quantitative estimate of drug-likeness (QED) is 0.936. The predicted octanol–water partition coefficient (Wildman–Crippen LogP) is 2.55. The molecule has 1 aliphatic heterocycles. The lowest BCUT2D eigenvalue weighted by Crippen LogP contribution is -2.42. The van der Waals surface area contributed by atoms with Gasteiger partial charge < -0.3 is 14.7 Å². The summed E-state index contributed by atoms with van der Waals surface area (Å²) in [5.41, 5.74) is 2.69. The van der Waals surface area contributed by atoms with Crippen molar-refractivity contribution >= 4 is 6.03 Å². The van der Waals surface area contributed by atoms with Crippen LogP contribution in [-0.4, -0.2) is 40.7 Å². The number of aromatic nitrogens is 2. The zero-order valence-corrected chi connectivity index (χ0v) is 14.3. The fraction of sp³-hybridized carbons (Fsp3) is 0.500. The molecular formula is C18H24N4O2. The molecule has 1 aliphatic rings. The van der Waals surface area contributed by atoms with Gasteiger partial charge in [0.25, 0.3) is 0 Å². The molecule has 0 spiro atoms. The van der Waals surface area contributed by atoms with Crippen LogP contribution in [0, 0.1) is 0 Å². The molecule has 1 aromatic carbocycles. The van der Waals surface area contributed by atoms with Gasteiger partial charge in [0.2, 0.25) is 5.89 Å². The molecule has 0 saturated heterocycles. The summed E-state index contributed by atoms with van der Waals surface area (Å²) >= 11 is 0. The maximum absolute atomic E-state index is 12.4. The molecule has 2 heterocycles. The van der Waals surface area contributed by atoms with Gasteiger partial charge in [-0.3, -0.25) is 0 Å². The topological polar surface area (TPSA) is 71.3 Å². The minimum absolute atomic E-state index is 0.0218. The van der Waals surface area contributed by atoms with E-state index < -0.39 is 0 Å². The van der Waals surface area contributed by atoms with Gasteiger partial charge in [0.05, 0.1) is 0 Å². The average molecular weight is 328 g/mol. The van der Waals surface area contributed by atoms with E-state index >= 15 is 0 Å². The Morgan fingerprint density at radius 3 is 2.50 bits per heavy atom. The van der Waals surface area contributed by atoms with Crippen molar-refractivity contribution in [2.45, 2.75) is 39.0 Å². The molecule has 0 saturated carbocycles. The molecule has 24 heavy (non-hydrogen) atoms. The number of rotatable bonds is 4. The van der Waals surface area contributed by atoms with E-state index in [2.05, 4.69) is 39.7 Å². The summed E-state index contributed by atoms with van der Waals surface area (Å²) < 4.78 is 5.19. The third-order valence-corrected chi connectivity index (χ3v) is 4.32. The van der Waals surface area contributed by atoms with E-state index in [0.29, 0.717) is 24.7 Å². The first-order valence-corrected chi connectivity index (χ1v) is 8.55. The van der Waals surface area contributed by atoms with Crippen LogP contribution in [0.2, 0.25) is 0 Å². The Kier molecular flexibility index (Phi) is 5.13. The van der Waals surface area contributed by atoms with Crippen LogP contribution in [0.5, 0.6) is 0 Å². The number of urea groups is 1. The number of nitrogens with one attached hydrogen (secondary N) is 1. The van der Waals surface area contributed by atoms with E-state index in [-0.39, 0.29) is 11.9 Å². The molecule has 6 heteroatoms. The summed E-state index contributed by atoms with van der Waals surface area (Å²) in [6.45, 7) is 6.05. The summed E-state index contributed by atoms with van der Waals surface area (Å²) in [5.74, 6) is 1.53. The first kappa shape index (κ1) is 16.5. The lowest BCUT2D eigenvalue weighted by molar-refractivity contribution is 0.200. The first-order chi connectivity index (χ1) is 11.6. The fourth-order valence-corrected chi connectivity index (χ4v) is 2.86. The SMILES string of the molecule is CC(C)c1noc(CCNC(=O)N2CCc3ccccc3CC2)n1. The summed E-state index contributed by atoms with van der Waals surface area (Å²) in [6.07, 6.45) is 2.37. The van der Waals surface area contributed by atoms with Crippen LogP contribution in [0.4, 0.5) is 4.79 Å². The molecule has 0 bridgehead atoms. The van der Waals surface area contributed by atoms with E-state index in [1.165, 1.54) is 11.1 Å². The van der Waals surface area contributed by atoms with Crippen molar-refractivity contribution in [1.82, 2.24) is 20.4 Å². The van der Waals surface area contributed by atoms with Crippen LogP contribution in [0.1, 0.15) is 42.6 Å². The number of carbonyl (C=O) groups excluding carboxylic acids is 1. The van der Waals surface area contributed by atoms with Gasteiger partial charge in [-0.2, -0.15) is 4.98 Å². The Labute approximate surface area is 142 Å². The zero-order valence-electron chi connectivity index (χ0n) is 14.3. The number of benzene rings is 1. The second kappa shape index (κ2) is 7.47. The first-order valence-electron chi connectivity index (χ1n) is 8.55.